The van der Waals surface area contributed by atoms with Crippen molar-refractivity contribution >= 4 is 37.4 Å². The van der Waals surface area contributed by atoms with Crippen LogP contribution in [0.5, 0.6) is 5.75 Å². The number of benzene rings is 1. The van der Waals surface area contributed by atoms with E-state index < -0.39 is 0 Å². The average molecular weight is 254 g/mol. The van der Waals surface area contributed by atoms with Crippen molar-refractivity contribution in [2.24, 2.45) is 0 Å². The van der Waals surface area contributed by atoms with Crippen molar-refractivity contribution in [1.29, 1.82) is 5.26 Å². The van der Waals surface area contributed by atoms with Gasteiger partial charge in [-0.1, -0.05) is 0 Å². The topological polar surface area (TPSA) is 44.0 Å². The third-order valence-electron chi connectivity index (χ3n) is 1.74. The molecule has 0 amide bonds. The fourth-order valence-electron chi connectivity index (χ4n) is 1.17. The number of nitriles is 1. The Bertz CT molecular complexity index is 512. The highest BCUT2D eigenvalue weighted by atomic mass is 79.9. The molecule has 0 aliphatic rings. The van der Waals surface area contributed by atoms with Crippen LogP contribution in [-0.4, -0.2) is 5.11 Å². The van der Waals surface area contributed by atoms with Gasteiger partial charge in [-0.25, -0.2) is 0 Å². The highest BCUT2D eigenvalue weighted by Crippen LogP contribution is 2.37. The van der Waals surface area contributed by atoms with E-state index in [0.29, 0.717) is 5.56 Å². The normalized spacial score (nSPS) is 10.2. The Labute approximate surface area is 87.2 Å². The molecule has 0 aliphatic carbocycles. The third-order valence-corrected chi connectivity index (χ3v) is 3.60. The highest BCUT2D eigenvalue weighted by Gasteiger charge is 2.07. The van der Waals surface area contributed by atoms with Crippen molar-refractivity contribution in [1.82, 2.24) is 0 Å². The summed E-state index contributed by atoms with van der Waals surface area (Å²) in [6.07, 6.45) is 0. The van der Waals surface area contributed by atoms with Crippen molar-refractivity contribution in [3.8, 4) is 11.8 Å². The lowest BCUT2D eigenvalue weighted by molar-refractivity contribution is 0.481. The monoisotopic (exact) mass is 253 g/mol. The van der Waals surface area contributed by atoms with Crippen LogP contribution < -0.4 is 0 Å². The molecule has 1 aromatic heterocycles. The van der Waals surface area contributed by atoms with Crippen LogP contribution in [0.3, 0.4) is 0 Å². The largest absolute Gasteiger partial charge is 0.507 e. The number of rotatable bonds is 0. The third kappa shape index (κ3) is 1.30. The van der Waals surface area contributed by atoms with Gasteiger partial charge in [0, 0.05) is 19.9 Å². The molecule has 0 aliphatic heterocycles. The number of phenolic OH excluding ortho intramolecular Hbond substituents is 1. The summed E-state index contributed by atoms with van der Waals surface area (Å²) in [6, 6.07) is 5.24. The fraction of sp³-hybridized carbons (Fsp3) is 0. The van der Waals surface area contributed by atoms with Gasteiger partial charge in [0.2, 0.25) is 0 Å². The molecular formula is C9H4BrNOS. The number of nitrogens with zero attached hydrogens (tertiary/aromatic N) is 1. The second-order valence-electron chi connectivity index (χ2n) is 2.56. The highest BCUT2D eigenvalue weighted by molar-refractivity contribution is 9.10. The van der Waals surface area contributed by atoms with Gasteiger partial charge in [0.25, 0.3) is 0 Å². The van der Waals surface area contributed by atoms with Gasteiger partial charge in [0.1, 0.15) is 5.75 Å². The summed E-state index contributed by atoms with van der Waals surface area (Å²) in [6.45, 7) is 0. The number of hydrogen-bond acceptors (Lipinski definition) is 3. The molecule has 2 nitrogen and oxygen atoms in total. The Morgan fingerprint density at radius 3 is 2.92 bits per heavy atom. The summed E-state index contributed by atoms with van der Waals surface area (Å²) in [5.41, 5.74) is 0.486. The SMILES string of the molecule is N#Cc1cc(O)c2c(Br)csc2c1. The van der Waals surface area contributed by atoms with E-state index in [1.807, 2.05) is 11.4 Å². The minimum Gasteiger partial charge on any atom is -0.507 e. The van der Waals surface area contributed by atoms with Crippen molar-refractivity contribution in [2.45, 2.75) is 0 Å². The smallest absolute Gasteiger partial charge is 0.126 e. The quantitative estimate of drug-likeness (QED) is 0.784. The number of hydrogen-bond donors (Lipinski definition) is 1. The summed E-state index contributed by atoms with van der Waals surface area (Å²) in [5, 5.41) is 20.9. The molecule has 0 saturated heterocycles. The van der Waals surface area contributed by atoms with Gasteiger partial charge in [-0.15, -0.1) is 11.3 Å². The second-order valence-corrected chi connectivity index (χ2v) is 4.33. The molecule has 13 heavy (non-hydrogen) atoms. The summed E-state index contributed by atoms with van der Waals surface area (Å²) in [4.78, 5) is 0. The zero-order valence-electron chi connectivity index (χ0n) is 6.41. The van der Waals surface area contributed by atoms with Crippen LogP contribution in [-0.2, 0) is 0 Å². The molecule has 0 fully saturated rings. The van der Waals surface area contributed by atoms with Gasteiger partial charge in [0.05, 0.1) is 11.6 Å². The van der Waals surface area contributed by atoms with Crippen molar-refractivity contribution in [3.63, 3.8) is 0 Å². The Morgan fingerprint density at radius 1 is 1.46 bits per heavy atom. The van der Waals surface area contributed by atoms with E-state index in [1.165, 1.54) is 17.4 Å². The molecule has 1 N–H and O–H groups in total. The van der Waals surface area contributed by atoms with E-state index in [0.717, 1.165) is 14.6 Å². The summed E-state index contributed by atoms with van der Waals surface area (Å²) in [5.74, 6) is 0.155. The van der Waals surface area contributed by atoms with Crippen LogP contribution in [0, 0.1) is 11.3 Å². The van der Waals surface area contributed by atoms with Gasteiger partial charge >= 0.3 is 0 Å². The maximum absolute atomic E-state index is 9.58. The minimum absolute atomic E-state index is 0.155. The molecule has 4 heteroatoms. The van der Waals surface area contributed by atoms with E-state index in [9.17, 15) is 5.11 Å². The van der Waals surface area contributed by atoms with Crippen LogP contribution in [0.1, 0.15) is 5.56 Å². The first kappa shape index (κ1) is 8.54. The first-order valence-electron chi connectivity index (χ1n) is 3.52. The van der Waals surface area contributed by atoms with Gasteiger partial charge in [-0.3, -0.25) is 0 Å². The molecule has 1 aromatic carbocycles. The lowest BCUT2D eigenvalue weighted by Gasteiger charge is -1.96. The first-order valence-corrected chi connectivity index (χ1v) is 5.19. The van der Waals surface area contributed by atoms with Gasteiger partial charge < -0.3 is 5.11 Å². The predicted molar refractivity (Wildman–Crippen MR) is 55.9 cm³/mol. The van der Waals surface area contributed by atoms with Gasteiger partial charge in [-0.2, -0.15) is 5.26 Å². The average Bonchev–Trinajstić information content (AvgIpc) is 2.48. The number of phenols is 1. The summed E-state index contributed by atoms with van der Waals surface area (Å²) >= 11 is 4.83. The molecule has 0 atom stereocenters. The van der Waals surface area contributed by atoms with Crippen LogP contribution in [0.15, 0.2) is 22.0 Å². The lowest BCUT2D eigenvalue weighted by Crippen LogP contribution is -1.74. The molecular weight excluding hydrogens is 250 g/mol. The minimum atomic E-state index is 0.155. The Kier molecular flexibility index (Phi) is 1.98. The molecule has 0 saturated carbocycles. The molecule has 0 spiro atoms. The second kappa shape index (κ2) is 3.02. The lowest BCUT2D eigenvalue weighted by atomic mass is 10.2. The Morgan fingerprint density at radius 2 is 2.23 bits per heavy atom. The zero-order chi connectivity index (χ0) is 9.42. The molecule has 2 rings (SSSR count). The van der Waals surface area contributed by atoms with E-state index in [2.05, 4.69) is 15.9 Å². The Hall–Kier alpha value is -1.05. The molecule has 64 valence electrons. The van der Waals surface area contributed by atoms with Crippen LogP contribution in [0.25, 0.3) is 10.1 Å². The maximum Gasteiger partial charge on any atom is 0.126 e. The van der Waals surface area contributed by atoms with Gasteiger partial charge in [-0.05, 0) is 28.1 Å². The van der Waals surface area contributed by atoms with Gasteiger partial charge in [0.15, 0.2) is 0 Å². The van der Waals surface area contributed by atoms with E-state index in [4.69, 9.17) is 5.26 Å². The zero-order valence-corrected chi connectivity index (χ0v) is 8.82. The molecule has 0 radical (unpaired) electrons. The van der Waals surface area contributed by atoms with Crippen LogP contribution >= 0.6 is 27.3 Å². The van der Waals surface area contributed by atoms with Crippen molar-refractivity contribution in [3.05, 3.63) is 27.5 Å². The Balaban J connectivity index is 2.89. The predicted octanol–water partition coefficient (Wildman–Crippen LogP) is 3.24. The molecule has 0 unspecified atom stereocenters. The number of aromatic hydroxyl groups is 1. The number of halogens is 1. The summed E-state index contributed by atoms with van der Waals surface area (Å²) in [7, 11) is 0. The van der Waals surface area contributed by atoms with E-state index >= 15 is 0 Å². The van der Waals surface area contributed by atoms with Crippen LogP contribution in [0.2, 0.25) is 0 Å². The van der Waals surface area contributed by atoms with E-state index in [1.54, 1.807) is 6.07 Å². The standard InChI is InChI=1S/C9H4BrNOS/c10-6-4-13-8-2-5(3-11)1-7(12)9(6)8/h1-2,4,12H. The van der Waals surface area contributed by atoms with Crippen molar-refractivity contribution < 1.29 is 5.11 Å². The van der Waals surface area contributed by atoms with E-state index in [-0.39, 0.29) is 5.75 Å². The number of fused-ring (bicyclic) bond motifs is 1. The number of thiophene rings is 1. The molecule has 2 aromatic rings. The summed E-state index contributed by atoms with van der Waals surface area (Å²) < 4.78 is 1.79. The molecule has 1 heterocycles. The maximum atomic E-state index is 9.58. The molecule has 0 bridgehead atoms. The van der Waals surface area contributed by atoms with Crippen molar-refractivity contribution in [2.75, 3.05) is 0 Å². The van der Waals surface area contributed by atoms with Crippen LogP contribution in [0.4, 0.5) is 0 Å². The first-order chi connectivity index (χ1) is 6.22. The fourth-order valence-corrected chi connectivity index (χ4v) is 2.88.